The van der Waals surface area contributed by atoms with Gasteiger partial charge < -0.3 is 14.9 Å². The number of carboxylic acid groups (broad SMARTS) is 1. The summed E-state index contributed by atoms with van der Waals surface area (Å²) in [6, 6.07) is 0.0899. The molecule has 5 nitrogen and oxygen atoms in total. The zero-order valence-electron chi connectivity index (χ0n) is 11.2. The minimum Gasteiger partial charge on any atom is -0.481 e. The van der Waals surface area contributed by atoms with Crippen LogP contribution in [0.3, 0.4) is 0 Å². The van der Waals surface area contributed by atoms with Crippen molar-refractivity contribution in [2.75, 3.05) is 26.2 Å². The summed E-state index contributed by atoms with van der Waals surface area (Å²) in [4.78, 5) is 26.3. The van der Waals surface area contributed by atoms with Crippen LogP contribution in [0.4, 0.5) is 4.79 Å². The van der Waals surface area contributed by atoms with Crippen LogP contribution in [0.2, 0.25) is 0 Å². The second-order valence-corrected chi connectivity index (χ2v) is 6.30. The lowest BCUT2D eigenvalue weighted by Gasteiger charge is -2.44. The highest BCUT2D eigenvalue weighted by atomic mass is 16.4. The maximum atomic E-state index is 12.1. The van der Waals surface area contributed by atoms with Crippen LogP contribution in [0.15, 0.2) is 0 Å². The number of urea groups is 1. The molecule has 1 N–H and O–H groups in total. The van der Waals surface area contributed by atoms with Crippen LogP contribution < -0.4 is 0 Å². The van der Waals surface area contributed by atoms with Crippen molar-refractivity contribution in [2.45, 2.75) is 33.1 Å². The smallest absolute Gasteiger partial charge is 0.320 e. The Morgan fingerprint density at radius 1 is 1.17 bits per heavy atom. The van der Waals surface area contributed by atoms with E-state index in [0.717, 1.165) is 25.9 Å². The van der Waals surface area contributed by atoms with E-state index in [9.17, 15) is 9.59 Å². The van der Waals surface area contributed by atoms with Gasteiger partial charge in [0, 0.05) is 32.1 Å². The summed E-state index contributed by atoms with van der Waals surface area (Å²) in [5.74, 6) is -0.625. The van der Waals surface area contributed by atoms with Gasteiger partial charge in [0.1, 0.15) is 0 Å². The lowest BCUT2D eigenvalue weighted by Crippen LogP contribution is -2.56. The Labute approximate surface area is 108 Å². The molecule has 5 heteroatoms. The lowest BCUT2D eigenvalue weighted by atomic mass is 9.83. The molecule has 0 aromatic carbocycles. The molecule has 0 aromatic rings. The lowest BCUT2D eigenvalue weighted by molar-refractivity contribution is -0.139. The van der Waals surface area contributed by atoms with Gasteiger partial charge >= 0.3 is 12.0 Å². The molecule has 2 saturated heterocycles. The number of aliphatic carboxylic acids is 1. The molecule has 0 aliphatic carbocycles. The summed E-state index contributed by atoms with van der Waals surface area (Å²) in [5.41, 5.74) is 0.345. The molecule has 2 fully saturated rings. The highest BCUT2D eigenvalue weighted by molar-refractivity contribution is 5.76. The third-order valence-electron chi connectivity index (χ3n) is 4.08. The normalized spacial score (nSPS) is 23.7. The van der Waals surface area contributed by atoms with Gasteiger partial charge in [-0.05, 0) is 18.3 Å². The quantitative estimate of drug-likeness (QED) is 0.814. The molecule has 2 aliphatic rings. The van der Waals surface area contributed by atoms with Gasteiger partial charge in [-0.25, -0.2) is 4.79 Å². The minimum atomic E-state index is -0.771. The molecule has 0 saturated carbocycles. The molecule has 18 heavy (non-hydrogen) atoms. The standard InChI is InChI=1S/C13H22N2O3/c1-13(2)3-5-14(6-4-13)12(18)15-8-10(9-15)7-11(16)17/h10H,3-9H2,1-2H3,(H,16,17). The number of hydrogen-bond acceptors (Lipinski definition) is 2. The van der Waals surface area contributed by atoms with Crippen molar-refractivity contribution in [3.05, 3.63) is 0 Å². The number of nitrogens with zero attached hydrogens (tertiary/aromatic N) is 2. The van der Waals surface area contributed by atoms with Crippen LogP contribution in [0.1, 0.15) is 33.1 Å². The van der Waals surface area contributed by atoms with Gasteiger partial charge in [0.15, 0.2) is 0 Å². The first-order valence-electron chi connectivity index (χ1n) is 6.63. The number of piperidine rings is 1. The zero-order valence-corrected chi connectivity index (χ0v) is 11.2. The topological polar surface area (TPSA) is 60.9 Å². The van der Waals surface area contributed by atoms with Crippen molar-refractivity contribution in [3.8, 4) is 0 Å². The molecule has 0 unspecified atom stereocenters. The summed E-state index contributed by atoms with van der Waals surface area (Å²) in [5, 5.41) is 8.67. The van der Waals surface area contributed by atoms with Gasteiger partial charge in [-0.15, -0.1) is 0 Å². The van der Waals surface area contributed by atoms with Crippen LogP contribution in [0.5, 0.6) is 0 Å². The number of carbonyl (C=O) groups is 2. The zero-order chi connectivity index (χ0) is 13.3. The van der Waals surface area contributed by atoms with Gasteiger partial charge in [0.25, 0.3) is 0 Å². The number of carbonyl (C=O) groups excluding carboxylic acids is 1. The molecule has 2 aliphatic heterocycles. The van der Waals surface area contributed by atoms with Crippen molar-refractivity contribution in [1.82, 2.24) is 9.80 Å². The Balaban J connectivity index is 1.75. The second kappa shape index (κ2) is 4.78. The van der Waals surface area contributed by atoms with E-state index >= 15 is 0 Å². The summed E-state index contributed by atoms with van der Waals surface area (Å²) in [7, 11) is 0. The molecule has 0 radical (unpaired) electrons. The average Bonchev–Trinajstić information content (AvgIpc) is 2.21. The Kier molecular flexibility index (Phi) is 3.50. The van der Waals surface area contributed by atoms with E-state index in [4.69, 9.17) is 5.11 Å². The van der Waals surface area contributed by atoms with E-state index in [1.54, 1.807) is 4.90 Å². The van der Waals surface area contributed by atoms with E-state index in [-0.39, 0.29) is 18.4 Å². The van der Waals surface area contributed by atoms with E-state index in [1.165, 1.54) is 0 Å². The molecule has 102 valence electrons. The molecule has 0 atom stereocenters. The van der Waals surface area contributed by atoms with E-state index in [1.807, 2.05) is 4.90 Å². The van der Waals surface area contributed by atoms with Crippen molar-refractivity contribution in [2.24, 2.45) is 11.3 Å². The number of likely N-dealkylation sites (tertiary alicyclic amines) is 2. The highest BCUT2D eigenvalue weighted by Gasteiger charge is 2.36. The first-order chi connectivity index (χ1) is 8.37. The first-order valence-corrected chi connectivity index (χ1v) is 6.63. The van der Waals surface area contributed by atoms with Crippen molar-refractivity contribution in [3.63, 3.8) is 0 Å². The minimum absolute atomic E-state index is 0.0899. The van der Waals surface area contributed by atoms with Crippen molar-refractivity contribution >= 4 is 12.0 Å². The maximum absolute atomic E-state index is 12.1. The molecule has 0 spiro atoms. The molecular formula is C13H22N2O3. The van der Waals surface area contributed by atoms with Crippen LogP contribution in [0.25, 0.3) is 0 Å². The predicted octanol–water partition coefficient (Wildman–Crippen LogP) is 1.63. The fraction of sp³-hybridized carbons (Fsp3) is 0.846. The Hall–Kier alpha value is -1.26. The molecule has 2 heterocycles. The first kappa shape index (κ1) is 13.2. The van der Waals surface area contributed by atoms with Gasteiger partial charge in [-0.3, -0.25) is 4.79 Å². The van der Waals surface area contributed by atoms with Crippen LogP contribution in [-0.2, 0) is 4.79 Å². The Morgan fingerprint density at radius 2 is 1.72 bits per heavy atom. The third-order valence-corrected chi connectivity index (χ3v) is 4.08. The van der Waals surface area contributed by atoms with Gasteiger partial charge in [0.05, 0.1) is 6.42 Å². The molecule has 0 aromatic heterocycles. The SMILES string of the molecule is CC1(C)CCN(C(=O)N2CC(CC(=O)O)C2)CC1. The van der Waals surface area contributed by atoms with Crippen LogP contribution in [-0.4, -0.2) is 53.1 Å². The number of carboxylic acids is 1. The van der Waals surface area contributed by atoms with Crippen LogP contribution >= 0.6 is 0 Å². The third kappa shape index (κ3) is 2.94. The molecule has 2 amide bonds. The second-order valence-electron chi connectivity index (χ2n) is 6.30. The van der Waals surface area contributed by atoms with Gasteiger partial charge in [-0.1, -0.05) is 13.8 Å². The highest BCUT2D eigenvalue weighted by Crippen LogP contribution is 2.31. The fourth-order valence-electron chi connectivity index (χ4n) is 2.61. The summed E-state index contributed by atoms with van der Waals surface area (Å²) in [6.07, 6.45) is 2.27. The monoisotopic (exact) mass is 254 g/mol. The number of hydrogen-bond donors (Lipinski definition) is 1. The molecular weight excluding hydrogens is 232 g/mol. The van der Waals surface area contributed by atoms with Gasteiger partial charge in [-0.2, -0.15) is 0 Å². The van der Waals surface area contributed by atoms with Crippen LogP contribution in [0, 0.1) is 11.3 Å². The Morgan fingerprint density at radius 3 is 2.22 bits per heavy atom. The van der Waals surface area contributed by atoms with Crippen molar-refractivity contribution < 1.29 is 14.7 Å². The number of amides is 2. The Bertz CT molecular complexity index is 338. The fourth-order valence-corrected chi connectivity index (χ4v) is 2.61. The maximum Gasteiger partial charge on any atom is 0.320 e. The molecule has 2 rings (SSSR count). The predicted molar refractivity (Wildman–Crippen MR) is 67.3 cm³/mol. The van der Waals surface area contributed by atoms with E-state index in [2.05, 4.69) is 13.8 Å². The number of rotatable bonds is 2. The van der Waals surface area contributed by atoms with Gasteiger partial charge in [0.2, 0.25) is 0 Å². The largest absolute Gasteiger partial charge is 0.481 e. The van der Waals surface area contributed by atoms with E-state index < -0.39 is 5.97 Å². The average molecular weight is 254 g/mol. The van der Waals surface area contributed by atoms with Crippen molar-refractivity contribution in [1.29, 1.82) is 0 Å². The van der Waals surface area contributed by atoms with E-state index in [0.29, 0.717) is 18.5 Å². The molecule has 0 bridgehead atoms. The summed E-state index contributed by atoms with van der Waals surface area (Å²) >= 11 is 0. The summed E-state index contributed by atoms with van der Waals surface area (Å²) < 4.78 is 0. The summed E-state index contributed by atoms with van der Waals surface area (Å²) in [6.45, 7) is 7.33.